The van der Waals surface area contributed by atoms with Gasteiger partial charge in [0.05, 0.1) is 12.2 Å². The lowest BCUT2D eigenvalue weighted by atomic mass is 10.3. The first kappa shape index (κ1) is 15.1. The van der Waals surface area contributed by atoms with E-state index in [2.05, 4.69) is 34.7 Å². The SMILES string of the molecule is Cc1nccc(CN=C(N)N2CCN(c3ncccn3)CC2)n1. The molecule has 3 rings (SSSR count). The van der Waals surface area contributed by atoms with Crippen molar-refractivity contribution in [1.82, 2.24) is 24.8 Å². The van der Waals surface area contributed by atoms with Crippen LogP contribution in [0, 0.1) is 6.92 Å². The Morgan fingerprint density at radius 1 is 1.13 bits per heavy atom. The molecule has 2 aromatic heterocycles. The maximum Gasteiger partial charge on any atom is 0.225 e. The second-order valence-corrected chi connectivity index (χ2v) is 5.29. The molecule has 0 radical (unpaired) electrons. The van der Waals surface area contributed by atoms with E-state index in [1.165, 1.54) is 0 Å². The molecule has 1 fully saturated rings. The van der Waals surface area contributed by atoms with Crippen molar-refractivity contribution in [3.63, 3.8) is 0 Å². The molecule has 2 N–H and O–H groups in total. The Bertz CT molecular complexity index is 664. The van der Waals surface area contributed by atoms with Crippen molar-refractivity contribution in [3.8, 4) is 0 Å². The largest absolute Gasteiger partial charge is 0.370 e. The Kier molecular flexibility index (Phi) is 4.60. The van der Waals surface area contributed by atoms with Crippen LogP contribution in [-0.4, -0.2) is 57.0 Å². The summed E-state index contributed by atoms with van der Waals surface area (Å²) in [7, 11) is 0. The minimum absolute atomic E-state index is 0.469. The van der Waals surface area contributed by atoms with Crippen LogP contribution in [0.4, 0.5) is 5.95 Å². The van der Waals surface area contributed by atoms with E-state index in [1.807, 2.05) is 19.1 Å². The summed E-state index contributed by atoms with van der Waals surface area (Å²) in [5.74, 6) is 2.06. The van der Waals surface area contributed by atoms with Crippen LogP contribution in [0.1, 0.15) is 11.5 Å². The Morgan fingerprint density at radius 2 is 1.87 bits per heavy atom. The molecule has 1 aliphatic rings. The highest BCUT2D eigenvalue weighted by atomic mass is 15.3. The van der Waals surface area contributed by atoms with Crippen LogP contribution in [-0.2, 0) is 6.54 Å². The monoisotopic (exact) mass is 312 g/mol. The second-order valence-electron chi connectivity index (χ2n) is 5.29. The number of anilines is 1. The molecule has 0 bridgehead atoms. The van der Waals surface area contributed by atoms with Crippen molar-refractivity contribution in [1.29, 1.82) is 0 Å². The number of aromatic nitrogens is 4. The molecule has 2 aromatic rings. The summed E-state index contributed by atoms with van der Waals surface area (Å²) >= 11 is 0. The summed E-state index contributed by atoms with van der Waals surface area (Å²) in [6, 6.07) is 3.67. The van der Waals surface area contributed by atoms with E-state index >= 15 is 0 Å². The van der Waals surface area contributed by atoms with Gasteiger partial charge in [0.25, 0.3) is 0 Å². The van der Waals surface area contributed by atoms with Gasteiger partial charge in [0.15, 0.2) is 5.96 Å². The van der Waals surface area contributed by atoms with Gasteiger partial charge in [-0.2, -0.15) is 0 Å². The van der Waals surface area contributed by atoms with Gasteiger partial charge in [-0.1, -0.05) is 0 Å². The highest BCUT2D eigenvalue weighted by Crippen LogP contribution is 2.09. The molecule has 0 aliphatic carbocycles. The average Bonchev–Trinajstić information content (AvgIpc) is 2.61. The maximum atomic E-state index is 6.10. The van der Waals surface area contributed by atoms with E-state index in [0.717, 1.165) is 43.6 Å². The topological polar surface area (TPSA) is 96.4 Å². The maximum absolute atomic E-state index is 6.10. The molecule has 0 atom stereocenters. The Balaban J connectivity index is 1.55. The third-order valence-electron chi connectivity index (χ3n) is 3.68. The fourth-order valence-corrected chi connectivity index (χ4v) is 2.45. The van der Waals surface area contributed by atoms with Gasteiger partial charge >= 0.3 is 0 Å². The van der Waals surface area contributed by atoms with Crippen LogP contribution in [0.5, 0.6) is 0 Å². The summed E-state index contributed by atoms with van der Waals surface area (Å²) in [6.07, 6.45) is 5.25. The fourth-order valence-electron chi connectivity index (χ4n) is 2.45. The summed E-state index contributed by atoms with van der Waals surface area (Å²) in [5, 5.41) is 0. The van der Waals surface area contributed by atoms with Gasteiger partial charge in [0, 0.05) is 44.8 Å². The quantitative estimate of drug-likeness (QED) is 0.639. The molecule has 0 unspecified atom stereocenters. The normalized spacial score (nSPS) is 15.8. The molecule has 1 aliphatic heterocycles. The lowest BCUT2D eigenvalue weighted by Gasteiger charge is -2.35. The minimum Gasteiger partial charge on any atom is -0.370 e. The number of aliphatic imine (C=N–C) groups is 1. The number of nitrogens with zero attached hydrogens (tertiary/aromatic N) is 7. The molecule has 0 aromatic carbocycles. The zero-order valence-electron chi connectivity index (χ0n) is 13.1. The fraction of sp³-hybridized carbons (Fsp3) is 0.400. The first-order chi connectivity index (χ1) is 11.2. The molecular weight excluding hydrogens is 292 g/mol. The van der Waals surface area contributed by atoms with E-state index in [-0.39, 0.29) is 0 Å². The molecule has 0 spiro atoms. The van der Waals surface area contributed by atoms with Crippen molar-refractivity contribution >= 4 is 11.9 Å². The van der Waals surface area contributed by atoms with Gasteiger partial charge in [0.1, 0.15) is 5.82 Å². The number of hydrogen-bond acceptors (Lipinski definition) is 6. The molecule has 3 heterocycles. The third kappa shape index (κ3) is 3.91. The van der Waals surface area contributed by atoms with Crippen LogP contribution in [0.2, 0.25) is 0 Å². The van der Waals surface area contributed by atoms with Gasteiger partial charge in [-0.15, -0.1) is 0 Å². The zero-order chi connectivity index (χ0) is 16.1. The lowest BCUT2D eigenvalue weighted by Crippen LogP contribution is -2.51. The van der Waals surface area contributed by atoms with Crippen LogP contribution < -0.4 is 10.6 Å². The Labute approximate surface area is 135 Å². The summed E-state index contributed by atoms with van der Waals surface area (Å²) in [4.78, 5) is 25.6. The van der Waals surface area contributed by atoms with Gasteiger partial charge in [-0.05, 0) is 19.1 Å². The van der Waals surface area contributed by atoms with Gasteiger partial charge in [0.2, 0.25) is 5.95 Å². The number of guanidine groups is 1. The van der Waals surface area contributed by atoms with Crippen molar-refractivity contribution in [2.45, 2.75) is 13.5 Å². The van der Waals surface area contributed by atoms with Crippen LogP contribution >= 0.6 is 0 Å². The Morgan fingerprint density at radius 3 is 2.57 bits per heavy atom. The van der Waals surface area contributed by atoms with Crippen molar-refractivity contribution in [2.24, 2.45) is 10.7 Å². The number of rotatable bonds is 3. The summed E-state index contributed by atoms with van der Waals surface area (Å²) in [6.45, 7) is 5.59. The number of piperazine rings is 1. The average molecular weight is 312 g/mol. The first-order valence-electron chi connectivity index (χ1n) is 7.58. The lowest BCUT2D eigenvalue weighted by molar-refractivity contribution is 0.378. The Hall–Kier alpha value is -2.77. The van der Waals surface area contributed by atoms with E-state index in [1.54, 1.807) is 18.6 Å². The number of aryl methyl sites for hydroxylation is 1. The second kappa shape index (κ2) is 6.99. The van der Waals surface area contributed by atoms with Crippen molar-refractivity contribution in [2.75, 3.05) is 31.1 Å². The summed E-state index contributed by atoms with van der Waals surface area (Å²) < 4.78 is 0. The van der Waals surface area contributed by atoms with E-state index in [9.17, 15) is 0 Å². The van der Waals surface area contributed by atoms with Gasteiger partial charge < -0.3 is 15.5 Å². The van der Waals surface area contributed by atoms with E-state index in [0.29, 0.717) is 12.5 Å². The van der Waals surface area contributed by atoms with Crippen LogP contribution in [0.25, 0.3) is 0 Å². The van der Waals surface area contributed by atoms with Gasteiger partial charge in [-0.3, -0.25) is 0 Å². The highest BCUT2D eigenvalue weighted by molar-refractivity contribution is 5.78. The molecule has 23 heavy (non-hydrogen) atoms. The van der Waals surface area contributed by atoms with Gasteiger partial charge in [-0.25, -0.2) is 24.9 Å². The molecule has 1 saturated heterocycles. The molecule has 8 nitrogen and oxygen atoms in total. The smallest absolute Gasteiger partial charge is 0.225 e. The van der Waals surface area contributed by atoms with Crippen molar-refractivity contribution < 1.29 is 0 Å². The molecule has 0 saturated carbocycles. The van der Waals surface area contributed by atoms with Crippen LogP contribution in [0.15, 0.2) is 35.7 Å². The predicted octanol–water partition coefficient (Wildman–Crippen LogP) is 0.212. The number of nitrogens with two attached hydrogens (primary N) is 1. The predicted molar refractivity (Wildman–Crippen MR) is 87.9 cm³/mol. The first-order valence-corrected chi connectivity index (χ1v) is 7.58. The van der Waals surface area contributed by atoms with Crippen molar-refractivity contribution in [3.05, 3.63) is 42.2 Å². The standard InChI is InChI=1S/C15H20N8/c1-12-17-6-3-13(21-12)11-20-14(16)22-7-9-23(10-8-22)15-18-4-2-5-19-15/h2-6H,7-11H2,1H3,(H2,16,20). The molecule has 0 amide bonds. The highest BCUT2D eigenvalue weighted by Gasteiger charge is 2.19. The molecular formula is C15H20N8. The minimum atomic E-state index is 0.469. The zero-order valence-corrected chi connectivity index (χ0v) is 13.1. The summed E-state index contributed by atoms with van der Waals surface area (Å²) in [5.41, 5.74) is 6.97. The number of hydrogen-bond donors (Lipinski definition) is 1. The third-order valence-corrected chi connectivity index (χ3v) is 3.68. The van der Waals surface area contributed by atoms with E-state index < -0.39 is 0 Å². The molecule has 120 valence electrons. The molecule has 8 heteroatoms. The van der Waals surface area contributed by atoms with Crippen LogP contribution in [0.3, 0.4) is 0 Å². The van der Waals surface area contributed by atoms with E-state index in [4.69, 9.17) is 5.73 Å².